The van der Waals surface area contributed by atoms with Gasteiger partial charge in [-0.25, -0.2) is 4.79 Å². The van der Waals surface area contributed by atoms with E-state index in [2.05, 4.69) is 0 Å². The van der Waals surface area contributed by atoms with Crippen LogP contribution in [-0.4, -0.2) is 83.8 Å². The van der Waals surface area contributed by atoms with E-state index in [1.807, 2.05) is 13.8 Å². The lowest BCUT2D eigenvalue weighted by atomic mass is 9.99. The highest BCUT2D eigenvalue weighted by molar-refractivity contribution is 6.34. The number of piperidine rings is 1. The molecule has 0 spiro atoms. The number of carbonyl (C=O) groups is 3. The van der Waals surface area contributed by atoms with Crippen molar-refractivity contribution in [3.8, 4) is 5.75 Å². The van der Waals surface area contributed by atoms with Crippen LogP contribution in [0.25, 0.3) is 0 Å². The van der Waals surface area contributed by atoms with Crippen molar-refractivity contribution in [3.05, 3.63) is 22.7 Å². The Kier molecular flexibility index (Phi) is 8.54. The van der Waals surface area contributed by atoms with Crippen LogP contribution in [0, 0.1) is 0 Å². The Labute approximate surface area is 211 Å². The minimum absolute atomic E-state index is 0.171. The van der Waals surface area contributed by atoms with Gasteiger partial charge in [-0.15, -0.1) is 0 Å². The molecule has 0 aromatic heterocycles. The van der Waals surface area contributed by atoms with E-state index >= 15 is 0 Å². The van der Waals surface area contributed by atoms with E-state index in [0.717, 1.165) is 12.8 Å². The highest BCUT2D eigenvalue weighted by Crippen LogP contribution is 2.42. The fourth-order valence-corrected chi connectivity index (χ4v) is 5.04. The Hall–Kier alpha value is -2.52. The summed E-state index contributed by atoms with van der Waals surface area (Å²) >= 11 is 6.59. The van der Waals surface area contributed by atoms with E-state index in [0.29, 0.717) is 44.0 Å². The van der Waals surface area contributed by atoms with E-state index in [1.165, 1.54) is 4.90 Å². The molecule has 1 fully saturated rings. The normalized spacial score (nSPS) is 19.4. The van der Waals surface area contributed by atoms with E-state index < -0.39 is 11.7 Å². The number of carbonyl (C=O) groups excluding carboxylic acids is 2. The number of hydrogen-bond acceptors (Lipinski definition) is 5. The van der Waals surface area contributed by atoms with Gasteiger partial charge in [0.05, 0.1) is 22.3 Å². The minimum Gasteiger partial charge on any atom is -0.476 e. The van der Waals surface area contributed by atoms with Crippen molar-refractivity contribution < 1.29 is 29.0 Å². The van der Waals surface area contributed by atoms with Crippen molar-refractivity contribution in [2.45, 2.75) is 71.1 Å². The van der Waals surface area contributed by atoms with Crippen LogP contribution in [0.1, 0.15) is 63.7 Å². The molecular weight excluding hydrogens is 474 g/mol. The number of ether oxygens (including phenoxy) is 2. The zero-order valence-corrected chi connectivity index (χ0v) is 21.9. The van der Waals surface area contributed by atoms with Gasteiger partial charge in [-0.3, -0.25) is 9.59 Å². The van der Waals surface area contributed by atoms with E-state index in [1.54, 1.807) is 42.9 Å². The van der Waals surface area contributed by atoms with Crippen molar-refractivity contribution in [1.82, 2.24) is 9.80 Å². The number of amides is 3. The second-order valence-electron chi connectivity index (χ2n) is 9.90. The van der Waals surface area contributed by atoms with Crippen LogP contribution < -0.4 is 9.64 Å². The molecule has 9 nitrogen and oxygen atoms in total. The molecule has 1 saturated heterocycles. The predicted octanol–water partition coefficient (Wildman–Crippen LogP) is 4.26. The van der Waals surface area contributed by atoms with Gasteiger partial charge >= 0.3 is 6.09 Å². The molecule has 0 saturated carbocycles. The fourth-order valence-electron chi connectivity index (χ4n) is 4.81. The highest BCUT2D eigenvalue weighted by atomic mass is 35.5. The van der Waals surface area contributed by atoms with Gasteiger partial charge in [0.15, 0.2) is 5.60 Å². The Morgan fingerprint density at radius 2 is 2.03 bits per heavy atom. The molecule has 0 unspecified atom stereocenters. The van der Waals surface area contributed by atoms with E-state index in [4.69, 9.17) is 21.1 Å². The molecule has 10 heteroatoms. The quantitative estimate of drug-likeness (QED) is 0.525. The molecule has 0 bridgehead atoms. The second kappa shape index (κ2) is 11.0. The maximum atomic E-state index is 13.8. The maximum Gasteiger partial charge on any atom is 0.407 e. The number of methoxy groups -OCH3 is 1. The lowest BCUT2D eigenvalue weighted by molar-refractivity contribution is -0.132. The van der Waals surface area contributed by atoms with Gasteiger partial charge in [0, 0.05) is 45.5 Å². The summed E-state index contributed by atoms with van der Waals surface area (Å²) in [6.07, 6.45) is 1.92. The lowest BCUT2D eigenvalue weighted by Crippen LogP contribution is -2.54. The van der Waals surface area contributed by atoms with Crippen LogP contribution in [0.15, 0.2) is 12.1 Å². The average molecular weight is 510 g/mol. The van der Waals surface area contributed by atoms with Gasteiger partial charge < -0.3 is 29.3 Å². The summed E-state index contributed by atoms with van der Waals surface area (Å²) in [7, 11) is 1.64. The van der Waals surface area contributed by atoms with E-state index in [-0.39, 0.29) is 41.0 Å². The number of rotatable bonds is 8. The zero-order chi connectivity index (χ0) is 25.9. The number of hydrogen-bond donors (Lipinski definition) is 1. The molecule has 0 radical (unpaired) electrons. The third kappa shape index (κ3) is 5.83. The number of fused-ring (bicyclic) bond motifs is 1. The van der Waals surface area contributed by atoms with Crippen molar-refractivity contribution in [2.24, 2.45) is 0 Å². The summed E-state index contributed by atoms with van der Waals surface area (Å²) in [5.74, 6) is -0.0244. The number of benzene rings is 1. The SMILES string of the molecule is COCCCCN1C(=O)C(C)(C)Oc2cc(Cl)c(C(=O)N(C(C)C)[C@@H]3CCCN(C(=O)O)C3)cc21. The van der Waals surface area contributed by atoms with Crippen LogP contribution in [0.3, 0.4) is 0 Å². The summed E-state index contributed by atoms with van der Waals surface area (Å²) < 4.78 is 11.1. The first-order chi connectivity index (χ1) is 16.5. The predicted molar refractivity (Wildman–Crippen MR) is 134 cm³/mol. The molecule has 194 valence electrons. The molecule has 3 amide bonds. The van der Waals surface area contributed by atoms with E-state index in [9.17, 15) is 19.5 Å². The maximum absolute atomic E-state index is 13.8. The standard InChI is InChI=1S/C25H36ClN3O6/c1-16(2)29(17-9-8-10-27(15-17)24(32)33)22(30)18-13-20-21(14-19(18)26)35-25(3,4)23(31)28(20)11-6-7-12-34-5/h13-14,16-17H,6-12,15H2,1-5H3,(H,32,33)/t17-/m1/s1. The third-order valence-electron chi connectivity index (χ3n) is 6.53. The molecule has 1 aromatic rings. The van der Waals surface area contributed by atoms with Crippen LogP contribution in [-0.2, 0) is 9.53 Å². The largest absolute Gasteiger partial charge is 0.476 e. The van der Waals surface area contributed by atoms with Crippen LogP contribution in [0.2, 0.25) is 5.02 Å². The smallest absolute Gasteiger partial charge is 0.407 e. The van der Waals surface area contributed by atoms with Crippen molar-refractivity contribution in [3.63, 3.8) is 0 Å². The molecule has 1 aromatic carbocycles. The summed E-state index contributed by atoms with van der Waals surface area (Å²) in [6.45, 7) is 9.00. The van der Waals surface area contributed by atoms with Crippen LogP contribution in [0.4, 0.5) is 10.5 Å². The van der Waals surface area contributed by atoms with Gasteiger partial charge in [-0.05, 0) is 59.4 Å². The van der Waals surface area contributed by atoms with Gasteiger partial charge in [-0.2, -0.15) is 0 Å². The number of halogens is 1. The average Bonchev–Trinajstić information content (AvgIpc) is 2.78. The molecule has 1 atom stereocenters. The van der Waals surface area contributed by atoms with Gasteiger partial charge in [-0.1, -0.05) is 11.6 Å². The Bertz CT molecular complexity index is 967. The molecule has 1 N–H and O–H groups in total. The van der Waals surface area contributed by atoms with Crippen LogP contribution in [0.5, 0.6) is 5.75 Å². The number of nitrogens with zero attached hydrogens (tertiary/aromatic N) is 3. The number of carboxylic acid groups (broad SMARTS) is 1. The highest BCUT2D eigenvalue weighted by Gasteiger charge is 2.42. The molecule has 2 aliphatic rings. The lowest BCUT2D eigenvalue weighted by Gasteiger charge is -2.41. The van der Waals surface area contributed by atoms with Crippen molar-refractivity contribution in [1.29, 1.82) is 0 Å². The first kappa shape index (κ1) is 27.1. The first-order valence-electron chi connectivity index (χ1n) is 12.1. The van der Waals surface area contributed by atoms with Crippen LogP contribution >= 0.6 is 11.6 Å². The summed E-state index contributed by atoms with van der Waals surface area (Å²) in [5, 5.41) is 9.68. The molecular formula is C25H36ClN3O6. The fraction of sp³-hybridized carbons (Fsp3) is 0.640. The molecule has 2 aliphatic heterocycles. The number of likely N-dealkylation sites (tertiary alicyclic amines) is 1. The van der Waals surface area contributed by atoms with Gasteiger partial charge in [0.2, 0.25) is 0 Å². The number of unbranched alkanes of at least 4 members (excludes halogenated alkanes) is 1. The topological polar surface area (TPSA) is 99.6 Å². The molecule has 0 aliphatic carbocycles. The van der Waals surface area contributed by atoms with Gasteiger partial charge in [0.1, 0.15) is 5.75 Å². The second-order valence-corrected chi connectivity index (χ2v) is 10.3. The Morgan fingerprint density at radius 1 is 1.31 bits per heavy atom. The van der Waals surface area contributed by atoms with Gasteiger partial charge in [0.25, 0.3) is 11.8 Å². The molecule has 35 heavy (non-hydrogen) atoms. The monoisotopic (exact) mass is 509 g/mol. The summed E-state index contributed by atoms with van der Waals surface area (Å²) in [5.41, 5.74) is -0.279. The zero-order valence-electron chi connectivity index (χ0n) is 21.2. The Balaban J connectivity index is 1.96. The molecule has 3 rings (SSSR count). The number of anilines is 1. The summed E-state index contributed by atoms with van der Waals surface area (Å²) in [4.78, 5) is 43.3. The third-order valence-corrected chi connectivity index (χ3v) is 6.84. The first-order valence-corrected chi connectivity index (χ1v) is 12.5. The minimum atomic E-state index is -1.06. The molecule has 2 heterocycles. The Morgan fingerprint density at radius 3 is 2.66 bits per heavy atom. The summed E-state index contributed by atoms with van der Waals surface area (Å²) in [6, 6.07) is 2.80. The van der Waals surface area contributed by atoms with Crippen molar-refractivity contribution >= 4 is 35.2 Å². The van der Waals surface area contributed by atoms with Crippen molar-refractivity contribution in [2.75, 3.05) is 38.3 Å².